The molecule has 1 atom stereocenters. The Balaban J connectivity index is 1.72. The molecule has 0 radical (unpaired) electrons. The van der Waals surface area contributed by atoms with Crippen molar-refractivity contribution in [2.24, 2.45) is 0 Å². The number of benzene rings is 1. The van der Waals surface area contributed by atoms with Gasteiger partial charge in [-0.1, -0.05) is 40.5 Å². The molecular formula is C20H17Cl2N5O. The summed E-state index contributed by atoms with van der Waals surface area (Å²) >= 11 is 12.3. The van der Waals surface area contributed by atoms with Gasteiger partial charge in [0.15, 0.2) is 5.82 Å². The lowest BCUT2D eigenvalue weighted by molar-refractivity contribution is 0.0774. The van der Waals surface area contributed by atoms with Gasteiger partial charge in [-0.2, -0.15) is 4.68 Å². The van der Waals surface area contributed by atoms with Crippen molar-refractivity contribution in [3.8, 4) is 5.82 Å². The molecule has 0 aliphatic carbocycles. The Morgan fingerprint density at radius 1 is 1.21 bits per heavy atom. The van der Waals surface area contributed by atoms with Crippen LogP contribution >= 0.6 is 23.2 Å². The van der Waals surface area contributed by atoms with E-state index in [0.29, 0.717) is 22.1 Å². The molecule has 0 bridgehead atoms. The Kier molecular flexibility index (Phi) is 4.69. The molecule has 3 aromatic rings. The minimum Gasteiger partial charge on any atom is -0.306 e. The highest BCUT2D eigenvalue weighted by Crippen LogP contribution is 2.33. The predicted octanol–water partition coefficient (Wildman–Crippen LogP) is 4.77. The molecule has 4 rings (SSSR count). The Hall–Kier alpha value is -2.70. The topological polar surface area (TPSA) is 63.9 Å². The molecular weight excluding hydrogens is 397 g/mol. The normalized spacial score (nSPS) is 15.6. The number of rotatable bonds is 2. The molecule has 1 unspecified atom stereocenters. The van der Waals surface area contributed by atoms with Gasteiger partial charge in [0, 0.05) is 12.4 Å². The first-order valence-electron chi connectivity index (χ1n) is 8.72. The highest BCUT2D eigenvalue weighted by atomic mass is 35.5. The molecule has 1 aliphatic rings. The minimum absolute atomic E-state index is 0.240. The fourth-order valence-electron chi connectivity index (χ4n) is 3.30. The molecule has 0 spiro atoms. The van der Waals surface area contributed by atoms with Gasteiger partial charge in [0.25, 0.3) is 5.91 Å². The van der Waals surface area contributed by atoms with Crippen LogP contribution in [0.4, 0.5) is 0 Å². The van der Waals surface area contributed by atoms with Crippen LogP contribution in [0.2, 0.25) is 10.0 Å². The van der Waals surface area contributed by atoms with Gasteiger partial charge in [-0.3, -0.25) is 4.79 Å². The standard InChI is InChI=1S/C20H17Cl2N5O/c1-11-9-12(2)19(23-10-11)27-16-7-8-26(13(3)18(16)24-25-27)20(28)14-5-4-6-15(21)17(14)22/h4-10,13H,1-3H3. The number of aryl methyl sites for hydroxylation is 2. The van der Waals surface area contributed by atoms with Crippen molar-refractivity contribution in [1.29, 1.82) is 0 Å². The van der Waals surface area contributed by atoms with Crippen molar-refractivity contribution in [3.05, 3.63) is 74.8 Å². The number of fused-ring (bicyclic) bond motifs is 1. The number of carbonyl (C=O) groups excluding carboxylic acids is 1. The maximum absolute atomic E-state index is 13.0. The van der Waals surface area contributed by atoms with Gasteiger partial charge in [-0.05, 0) is 50.1 Å². The van der Waals surface area contributed by atoms with Gasteiger partial charge in [0.2, 0.25) is 0 Å². The monoisotopic (exact) mass is 413 g/mol. The maximum atomic E-state index is 13.0. The lowest BCUT2D eigenvalue weighted by atomic mass is 10.1. The second kappa shape index (κ2) is 7.04. The van der Waals surface area contributed by atoms with Crippen molar-refractivity contribution >= 4 is 35.2 Å². The van der Waals surface area contributed by atoms with E-state index in [0.717, 1.165) is 16.8 Å². The van der Waals surface area contributed by atoms with Crippen LogP contribution in [0.1, 0.15) is 45.8 Å². The molecule has 142 valence electrons. The highest BCUT2D eigenvalue weighted by molar-refractivity contribution is 6.43. The first-order chi connectivity index (χ1) is 13.4. The molecule has 1 aromatic carbocycles. The molecule has 0 saturated heterocycles. The summed E-state index contributed by atoms with van der Waals surface area (Å²) in [6, 6.07) is 6.73. The van der Waals surface area contributed by atoms with Crippen LogP contribution in [0.25, 0.3) is 11.9 Å². The van der Waals surface area contributed by atoms with E-state index in [1.807, 2.05) is 32.9 Å². The average molecular weight is 414 g/mol. The first kappa shape index (κ1) is 18.7. The van der Waals surface area contributed by atoms with Crippen molar-refractivity contribution in [3.63, 3.8) is 0 Å². The quantitative estimate of drug-likeness (QED) is 0.606. The Labute approximate surface area is 172 Å². The molecule has 3 heterocycles. The Morgan fingerprint density at radius 3 is 2.75 bits per heavy atom. The number of amides is 1. The SMILES string of the molecule is Cc1cnc(-n2nnc3c2C=CN(C(=O)c2cccc(Cl)c2Cl)C3C)c(C)c1. The summed E-state index contributed by atoms with van der Waals surface area (Å²) in [5.74, 6) is 0.468. The zero-order valence-corrected chi connectivity index (χ0v) is 17.0. The molecule has 1 amide bonds. The van der Waals surface area contributed by atoms with Crippen molar-refractivity contribution in [2.75, 3.05) is 0 Å². The van der Waals surface area contributed by atoms with E-state index in [1.54, 1.807) is 40.2 Å². The largest absolute Gasteiger partial charge is 0.306 e. The van der Waals surface area contributed by atoms with Gasteiger partial charge in [-0.25, -0.2) is 4.98 Å². The summed E-state index contributed by atoms with van der Waals surface area (Å²) in [6.45, 7) is 5.87. The Bertz CT molecular complexity index is 1120. The van der Waals surface area contributed by atoms with Gasteiger partial charge >= 0.3 is 0 Å². The fraction of sp³-hybridized carbons (Fsp3) is 0.200. The summed E-state index contributed by atoms with van der Waals surface area (Å²) in [5, 5.41) is 9.17. The molecule has 0 saturated carbocycles. The number of aromatic nitrogens is 4. The fourth-order valence-corrected chi connectivity index (χ4v) is 3.69. The number of hydrogen-bond donors (Lipinski definition) is 0. The van der Waals surface area contributed by atoms with E-state index in [-0.39, 0.29) is 17.0 Å². The summed E-state index contributed by atoms with van der Waals surface area (Å²) < 4.78 is 1.70. The van der Waals surface area contributed by atoms with Crippen LogP contribution in [0.15, 0.2) is 36.7 Å². The van der Waals surface area contributed by atoms with E-state index in [4.69, 9.17) is 23.2 Å². The first-order valence-corrected chi connectivity index (χ1v) is 9.48. The van der Waals surface area contributed by atoms with E-state index >= 15 is 0 Å². The lowest BCUT2D eigenvalue weighted by Gasteiger charge is -2.28. The lowest BCUT2D eigenvalue weighted by Crippen LogP contribution is -2.31. The molecule has 28 heavy (non-hydrogen) atoms. The van der Waals surface area contributed by atoms with Crippen LogP contribution < -0.4 is 0 Å². The third-order valence-corrected chi connectivity index (χ3v) is 5.56. The molecule has 8 heteroatoms. The number of carbonyl (C=O) groups is 1. The number of halogens is 2. The molecule has 1 aliphatic heterocycles. The van der Waals surface area contributed by atoms with Crippen LogP contribution in [0.3, 0.4) is 0 Å². The van der Waals surface area contributed by atoms with Gasteiger partial charge in [-0.15, -0.1) is 5.10 Å². The second-order valence-corrected chi connectivity index (χ2v) is 7.52. The molecule has 0 fully saturated rings. The van der Waals surface area contributed by atoms with Crippen LogP contribution in [0, 0.1) is 13.8 Å². The third kappa shape index (κ3) is 2.99. The van der Waals surface area contributed by atoms with E-state index < -0.39 is 0 Å². The van der Waals surface area contributed by atoms with Gasteiger partial charge in [0.1, 0.15) is 5.69 Å². The van der Waals surface area contributed by atoms with Crippen molar-refractivity contribution < 1.29 is 4.79 Å². The molecule has 6 nitrogen and oxygen atoms in total. The van der Waals surface area contributed by atoms with Crippen LogP contribution in [-0.2, 0) is 0 Å². The number of nitrogens with zero attached hydrogens (tertiary/aromatic N) is 5. The van der Waals surface area contributed by atoms with E-state index in [1.165, 1.54) is 0 Å². The maximum Gasteiger partial charge on any atom is 0.259 e. The van der Waals surface area contributed by atoms with E-state index in [9.17, 15) is 4.79 Å². The Morgan fingerprint density at radius 2 is 2.00 bits per heavy atom. The molecule has 2 aromatic heterocycles. The zero-order chi connectivity index (χ0) is 20.0. The average Bonchev–Trinajstić information content (AvgIpc) is 3.08. The van der Waals surface area contributed by atoms with Crippen LogP contribution in [-0.4, -0.2) is 30.8 Å². The summed E-state index contributed by atoms with van der Waals surface area (Å²) in [7, 11) is 0. The van der Waals surface area contributed by atoms with Crippen molar-refractivity contribution in [1.82, 2.24) is 24.9 Å². The molecule has 0 N–H and O–H groups in total. The number of hydrogen-bond acceptors (Lipinski definition) is 4. The smallest absolute Gasteiger partial charge is 0.259 e. The van der Waals surface area contributed by atoms with Gasteiger partial charge in [0.05, 0.1) is 27.3 Å². The highest BCUT2D eigenvalue weighted by Gasteiger charge is 2.31. The van der Waals surface area contributed by atoms with Crippen LogP contribution in [0.5, 0.6) is 0 Å². The van der Waals surface area contributed by atoms with E-state index in [2.05, 4.69) is 15.3 Å². The summed E-state index contributed by atoms with van der Waals surface area (Å²) in [5.41, 5.74) is 3.91. The van der Waals surface area contributed by atoms with Crippen molar-refractivity contribution in [2.45, 2.75) is 26.8 Å². The summed E-state index contributed by atoms with van der Waals surface area (Å²) in [6.07, 6.45) is 5.33. The minimum atomic E-state index is -0.318. The predicted molar refractivity (Wildman–Crippen MR) is 109 cm³/mol. The second-order valence-electron chi connectivity index (χ2n) is 6.73. The summed E-state index contributed by atoms with van der Waals surface area (Å²) in [4.78, 5) is 19.1. The van der Waals surface area contributed by atoms with Gasteiger partial charge < -0.3 is 4.90 Å². The number of pyridine rings is 1. The third-order valence-electron chi connectivity index (χ3n) is 4.74. The zero-order valence-electron chi connectivity index (χ0n) is 15.5.